The van der Waals surface area contributed by atoms with Gasteiger partial charge in [-0.15, -0.1) is 11.3 Å². The topological polar surface area (TPSA) is 98.7 Å². The largest absolute Gasteiger partial charge is 0.481 e. The molecule has 2 rings (SSSR count). The van der Waals surface area contributed by atoms with Crippen LogP contribution >= 0.6 is 27.3 Å². The fourth-order valence-corrected chi connectivity index (χ4v) is 3.47. The molecule has 0 bridgehead atoms. The van der Waals surface area contributed by atoms with Gasteiger partial charge >= 0.3 is 12.0 Å². The average Bonchev–Trinajstić information content (AvgIpc) is 2.83. The molecule has 0 spiro atoms. The SMILES string of the molecule is O=C(O)CC1C(=O)NCCN1C(=O)NCc1sccc1Br. The summed E-state index contributed by atoms with van der Waals surface area (Å²) in [6.07, 6.45) is -0.401. The Morgan fingerprint density at radius 1 is 1.57 bits per heavy atom. The third-order valence-corrected chi connectivity index (χ3v) is 4.98. The molecule has 114 valence electrons. The minimum atomic E-state index is -1.11. The number of carbonyl (C=O) groups excluding carboxylic acids is 2. The van der Waals surface area contributed by atoms with Crippen molar-refractivity contribution >= 4 is 45.2 Å². The maximum Gasteiger partial charge on any atom is 0.318 e. The van der Waals surface area contributed by atoms with E-state index in [9.17, 15) is 14.4 Å². The predicted molar refractivity (Wildman–Crippen MR) is 80.0 cm³/mol. The minimum Gasteiger partial charge on any atom is -0.481 e. The minimum absolute atomic E-state index is 0.293. The molecular weight excluding hydrogens is 362 g/mol. The Balaban J connectivity index is 2.00. The summed E-state index contributed by atoms with van der Waals surface area (Å²) in [6.45, 7) is 0.946. The first-order valence-corrected chi connectivity index (χ1v) is 7.92. The molecule has 1 aromatic rings. The zero-order valence-electron chi connectivity index (χ0n) is 11.0. The van der Waals surface area contributed by atoms with Gasteiger partial charge in [-0.2, -0.15) is 0 Å². The maximum absolute atomic E-state index is 12.2. The van der Waals surface area contributed by atoms with E-state index in [2.05, 4.69) is 26.6 Å². The van der Waals surface area contributed by atoms with E-state index >= 15 is 0 Å². The zero-order valence-corrected chi connectivity index (χ0v) is 13.4. The number of carboxylic acid groups (broad SMARTS) is 1. The van der Waals surface area contributed by atoms with Crippen molar-refractivity contribution in [2.45, 2.75) is 19.0 Å². The highest BCUT2D eigenvalue weighted by atomic mass is 79.9. The first-order chi connectivity index (χ1) is 9.99. The highest BCUT2D eigenvalue weighted by molar-refractivity contribution is 9.10. The van der Waals surface area contributed by atoms with E-state index in [4.69, 9.17) is 5.11 Å². The molecule has 0 saturated carbocycles. The van der Waals surface area contributed by atoms with Gasteiger partial charge < -0.3 is 20.6 Å². The number of rotatable bonds is 4. The van der Waals surface area contributed by atoms with Crippen LogP contribution < -0.4 is 10.6 Å². The van der Waals surface area contributed by atoms with E-state index in [0.717, 1.165) is 9.35 Å². The molecule has 1 aromatic heterocycles. The smallest absolute Gasteiger partial charge is 0.318 e. The number of urea groups is 1. The van der Waals surface area contributed by atoms with E-state index in [0.29, 0.717) is 19.6 Å². The van der Waals surface area contributed by atoms with Crippen molar-refractivity contribution in [3.05, 3.63) is 20.8 Å². The lowest BCUT2D eigenvalue weighted by Gasteiger charge is -2.34. The summed E-state index contributed by atoms with van der Waals surface area (Å²) >= 11 is 4.87. The second-order valence-electron chi connectivity index (χ2n) is 4.45. The molecule has 0 radical (unpaired) electrons. The van der Waals surface area contributed by atoms with Gasteiger partial charge in [0.15, 0.2) is 0 Å². The molecule has 1 fully saturated rings. The predicted octanol–water partition coefficient (Wildman–Crippen LogP) is 0.995. The van der Waals surface area contributed by atoms with Crippen LogP contribution in [-0.4, -0.2) is 47.0 Å². The lowest BCUT2D eigenvalue weighted by molar-refractivity contribution is -0.142. The van der Waals surface area contributed by atoms with E-state index in [1.54, 1.807) is 0 Å². The van der Waals surface area contributed by atoms with Gasteiger partial charge in [0, 0.05) is 22.4 Å². The molecule has 3 amide bonds. The van der Waals surface area contributed by atoms with Gasteiger partial charge in [0.1, 0.15) is 6.04 Å². The molecular formula is C12H14BrN3O4S. The van der Waals surface area contributed by atoms with Crippen molar-refractivity contribution in [1.29, 1.82) is 0 Å². The van der Waals surface area contributed by atoms with Crippen molar-refractivity contribution in [2.24, 2.45) is 0 Å². The number of nitrogens with zero attached hydrogens (tertiary/aromatic N) is 1. The third-order valence-electron chi connectivity index (χ3n) is 3.05. The summed E-state index contributed by atoms with van der Waals surface area (Å²) < 4.78 is 0.909. The molecule has 1 saturated heterocycles. The lowest BCUT2D eigenvalue weighted by atomic mass is 10.1. The Labute approximate surface area is 133 Å². The molecule has 7 nitrogen and oxygen atoms in total. The van der Waals surface area contributed by atoms with Gasteiger partial charge in [-0.05, 0) is 27.4 Å². The fourth-order valence-electron chi connectivity index (χ4n) is 2.03. The second-order valence-corrected chi connectivity index (χ2v) is 6.30. The summed E-state index contributed by atoms with van der Waals surface area (Å²) in [5.41, 5.74) is 0. The molecule has 0 aromatic carbocycles. The van der Waals surface area contributed by atoms with E-state index in [-0.39, 0.29) is 0 Å². The molecule has 21 heavy (non-hydrogen) atoms. The number of piperazine rings is 1. The number of carbonyl (C=O) groups is 3. The number of hydrogen-bond donors (Lipinski definition) is 3. The van der Waals surface area contributed by atoms with Crippen LogP contribution in [-0.2, 0) is 16.1 Å². The number of hydrogen-bond acceptors (Lipinski definition) is 4. The highest BCUT2D eigenvalue weighted by Gasteiger charge is 2.34. The summed E-state index contributed by atoms with van der Waals surface area (Å²) in [5, 5.41) is 16.0. The van der Waals surface area contributed by atoms with Crippen molar-refractivity contribution in [1.82, 2.24) is 15.5 Å². The van der Waals surface area contributed by atoms with Crippen molar-refractivity contribution < 1.29 is 19.5 Å². The Bertz CT molecular complexity index is 562. The van der Waals surface area contributed by atoms with Gasteiger partial charge in [-0.25, -0.2) is 4.79 Å². The van der Waals surface area contributed by atoms with Gasteiger partial charge in [0.05, 0.1) is 13.0 Å². The maximum atomic E-state index is 12.2. The van der Waals surface area contributed by atoms with Gasteiger partial charge in [0.2, 0.25) is 5.91 Å². The molecule has 1 atom stereocenters. The molecule has 2 heterocycles. The Kier molecular flexibility index (Phi) is 5.18. The van der Waals surface area contributed by atoms with Crippen LogP contribution in [0.2, 0.25) is 0 Å². The zero-order chi connectivity index (χ0) is 15.4. The second kappa shape index (κ2) is 6.90. The summed E-state index contributed by atoms with van der Waals surface area (Å²) in [6, 6.07) is 0.479. The number of thiophene rings is 1. The Morgan fingerprint density at radius 3 is 2.95 bits per heavy atom. The van der Waals surface area contributed by atoms with Crippen LogP contribution in [0.15, 0.2) is 15.9 Å². The number of nitrogens with one attached hydrogen (secondary N) is 2. The summed E-state index contributed by atoms with van der Waals surface area (Å²) in [5.74, 6) is -1.55. The molecule has 0 aliphatic carbocycles. The number of carboxylic acids is 1. The van der Waals surface area contributed by atoms with E-state index in [1.165, 1.54) is 16.2 Å². The first kappa shape index (κ1) is 15.8. The number of halogens is 1. The molecule has 1 aliphatic rings. The Morgan fingerprint density at radius 2 is 2.33 bits per heavy atom. The number of amides is 3. The monoisotopic (exact) mass is 375 g/mol. The summed E-state index contributed by atoms with van der Waals surface area (Å²) in [4.78, 5) is 37.0. The fraction of sp³-hybridized carbons (Fsp3) is 0.417. The van der Waals surface area contributed by atoms with Crippen molar-refractivity contribution in [3.63, 3.8) is 0 Å². The molecule has 1 aliphatic heterocycles. The number of aliphatic carboxylic acids is 1. The lowest BCUT2D eigenvalue weighted by Crippen LogP contribution is -2.59. The van der Waals surface area contributed by atoms with Crippen LogP contribution in [0.1, 0.15) is 11.3 Å². The van der Waals surface area contributed by atoms with Crippen LogP contribution in [0, 0.1) is 0 Å². The normalized spacial score (nSPS) is 18.2. The van der Waals surface area contributed by atoms with Crippen LogP contribution in [0.4, 0.5) is 4.79 Å². The van der Waals surface area contributed by atoms with Crippen LogP contribution in [0.3, 0.4) is 0 Å². The Hall–Kier alpha value is -1.61. The van der Waals surface area contributed by atoms with Gasteiger partial charge in [0.25, 0.3) is 0 Å². The standard InChI is InChI=1S/C12H14BrN3O4S/c13-7-1-4-21-9(7)6-15-12(20)16-3-2-14-11(19)8(16)5-10(17)18/h1,4,8H,2-3,5-6H2,(H,14,19)(H,15,20)(H,17,18). The van der Waals surface area contributed by atoms with E-state index in [1.807, 2.05) is 11.4 Å². The quantitative estimate of drug-likeness (QED) is 0.730. The summed E-state index contributed by atoms with van der Waals surface area (Å²) in [7, 11) is 0. The molecule has 9 heteroatoms. The van der Waals surface area contributed by atoms with E-state index < -0.39 is 30.4 Å². The van der Waals surface area contributed by atoms with Crippen LogP contribution in [0.25, 0.3) is 0 Å². The van der Waals surface area contributed by atoms with Crippen LogP contribution in [0.5, 0.6) is 0 Å². The van der Waals surface area contributed by atoms with Gasteiger partial charge in [-0.3, -0.25) is 9.59 Å². The average molecular weight is 376 g/mol. The van der Waals surface area contributed by atoms with Crippen molar-refractivity contribution in [2.75, 3.05) is 13.1 Å². The van der Waals surface area contributed by atoms with Crippen molar-refractivity contribution in [3.8, 4) is 0 Å². The first-order valence-electron chi connectivity index (χ1n) is 6.25. The molecule has 1 unspecified atom stereocenters. The molecule has 3 N–H and O–H groups in total. The third kappa shape index (κ3) is 3.94. The van der Waals surface area contributed by atoms with Gasteiger partial charge in [-0.1, -0.05) is 0 Å². The highest BCUT2D eigenvalue weighted by Crippen LogP contribution is 2.22.